The van der Waals surface area contributed by atoms with Crippen molar-refractivity contribution in [3.8, 4) is 17.2 Å². The van der Waals surface area contributed by atoms with Gasteiger partial charge in [0.05, 0.1) is 17.8 Å². The summed E-state index contributed by atoms with van der Waals surface area (Å²) in [4.78, 5) is 16.0. The molecule has 2 aliphatic heterocycles. The number of nitrogens with two attached hydrogens (primary N) is 1. The molecule has 7 heteroatoms. The van der Waals surface area contributed by atoms with E-state index in [1.807, 2.05) is 24.3 Å². The Kier molecular flexibility index (Phi) is 4.64. The first-order valence-electron chi connectivity index (χ1n) is 9.78. The Morgan fingerprint density at radius 1 is 1.13 bits per heavy atom. The lowest BCUT2D eigenvalue weighted by Gasteiger charge is -2.35. The highest BCUT2D eigenvalue weighted by atomic mass is 32.2. The topological polar surface area (TPSA) is 91.2 Å². The van der Waals surface area contributed by atoms with Crippen molar-refractivity contribution >= 4 is 22.7 Å². The van der Waals surface area contributed by atoms with E-state index in [4.69, 9.17) is 10.7 Å². The zero-order valence-corrected chi connectivity index (χ0v) is 17.1. The number of amidine groups is 1. The van der Waals surface area contributed by atoms with Crippen LogP contribution >= 0.6 is 11.8 Å². The van der Waals surface area contributed by atoms with Crippen molar-refractivity contribution in [1.29, 1.82) is 5.26 Å². The lowest BCUT2D eigenvalue weighted by Crippen LogP contribution is -2.40. The van der Waals surface area contributed by atoms with E-state index in [1.54, 1.807) is 30.4 Å². The third-order valence-corrected chi connectivity index (χ3v) is 6.81. The van der Waals surface area contributed by atoms with Gasteiger partial charge >= 0.3 is 0 Å². The van der Waals surface area contributed by atoms with E-state index in [0.717, 1.165) is 34.8 Å². The van der Waals surface area contributed by atoms with Crippen LogP contribution in [-0.2, 0) is 5.54 Å². The molecule has 2 N–H and O–H groups in total. The van der Waals surface area contributed by atoms with Crippen LogP contribution < -0.4 is 10.6 Å². The van der Waals surface area contributed by atoms with Gasteiger partial charge in [-0.3, -0.25) is 4.98 Å². The third kappa shape index (κ3) is 3.19. The van der Waals surface area contributed by atoms with Crippen LogP contribution in [0.4, 0.5) is 5.82 Å². The monoisotopic (exact) mass is 412 g/mol. The molecule has 0 spiro atoms. The largest absolute Gasteiger partial charge is 0.379 e. The summed E-state index contributed by atoms with van der Waals surface area (Å²) in [6.45, 7) is 1.57. The summed E-state index contributed by atoms with van der Waals surface area (Å²) in [5.74, 6) is 2.10. The molecule has 2 atom stereocenters. The van der Waals surface area contributed by atoms with E-state index < -0.39 is 5.54 Å². The number of thioether (sulfide) groups is 1. The van der Waals surface area contributed by atoms with Crippen LogP contribution in [0.1, 0.15) is 11.1 Å². The zero-order valence-electron chi connectivity index (χ0n) is 16.3. The molecule has 1 saturated heterocycles. The maximum absolute atomic E-state index is 9.26. The molecule has 2 aromatic carbocycles. The normalized spacial score (nSPS) is 22.8. The van der Waals surface area contributed by atoms with Gasteiger partial charge in [-0.15, -0.1) is 0 Å². The maximum Gasteiger partial charge on any atom is 0.154 e. The van der Waals surface area contributed by atoms with Gasteiger partial charge in [0.15, 0.2) is 5.17 Å². The third-order valence-electron chi connectivity index (χ3n) is 5.85. The molecule has 0 radical (unpaired) electrons. The molecule has 148 valence electrons. The molecule has 5 rings (SSSR count). The lowest BCUT2D eigenvalue weighted by atomic mass is 9.81. The van der Waals surface area contributed by atoms with E-state index in [2.05, 4.69) is 45.2 Å². The number of hydrogen-bond acceptors (Lipinski definition) is 7. The molecule has 3 aromatic rings. The number of nitrogens with zero attached hydrogens (tertiary/aromatic N) is 5. The lowest BCUT2D eigenvalue weighted by molar-refractivity contribution is 0.388. The quantitative estimate of drug-likeness (QED) is 0.709. The predicted molar refractivity (Wildman–Crippen MR) is 120 cm³/mol. The molecule has 0 amide bonds. The van der Waals surface area contributed by atoms with Gasteiger partial charge in [0, 0.05) is 37.2 Å². The first kappa shape index (κ1) is 18.6. The van der Waals surface area contributed by atoms with Crippen molar-refractivity contribution in [2.75, 3.05) is 23.7 Å². The first-order valence-corrected chi connectivity index (χ1v) is 10.8. The van der Waals surface area contributed by atoms with E-state index in [-0.39, 0.29) is 0 Å². The molecule has 0 saturated carbocycles. The Hall–Kier alpha value is -3.37. The average Bonchev–Trinajstić information content (AvgIpc) is 3.20. The van der Waals surface area contributed by atoms with Crippen molar-refractivity contribution in [3.05, 3.63) is 78.2 Å². The van der Waals surface area contributed by atoms with Crippen LogP contribution in [0, 0.1) is 17.2 Å². The number of hydrogen-bond donors (Lipinski definition) is 1. The Morgan fingerprint density at radius 3 is 2.77 bits per heavy atom. The highest BCUT2D eigenvalue weighted by molar-refractivity contribution is 8.13. The number of anilines is 1. The van der Waals surface area contributed by atoms with Crippen LogP contribution in [0.3, 0.4) is 0 Å². The standard InChI is InChI=1S/C23H20N6S/c24-11-16-3-1-4-17(9-16)18-5-2-6-19(10-18)23-15-29(21-12-26-7-8-27-21)13-20(23)14-30-22(25)28-23/h1-10,12,20H,13-15H2,(H2,25,28). The summed E-state index contributed by atoms with van der Waals surface area (Å²) >= 11 is 1.62. The Morgan fingerprint density at radius 2 is 1.97 bits per heavy atom. The average molecular weight is 413 g/mol. The second-order valence-corrected chi connectivity index (χ2v) is 8.64. The number of nitriles is 1. The smallest absolute Gasteiger partial charge is 0.154 e. The van der Waals surface area contributed by atoms with Gasteiger partial charge in [-0.1, -0.05) is 42.1 Å². The highest BCUT2D eigenvalue weighted by Crippen LogP contribution is 2.46. The number of aromatic nitrogens is 2. The van der Waals surface area contributed by atoms with Crippen LogP contribution in [0.2, 0.25) is 0 Å². The Balaban J connectivity index is 1.58. The number of benzene rings is 2. The van der Waals surface area contributed by atoms with Crippen LogP contribution in [-0.4, -0.2) is 34.0 Å². The van der Waals surface area contributed by atoms with Crippen LogP contribution in [0.25, 0.3) is 11.1 Å². The van der Waals surface area contributed by atoms with Crippen molar-refractivity contribution < 1.29 is 0 Å². The molecule has 0 aliphatic carbocycles. The second kappa shape index (κ2) is 7.47. The van der Waals surface area contributed by atoms with Gasteiger partial charge < -0.3 is 10.6 Å². The number of aliphatic imine (C=N–C) groups is 1. The zero-order chi connectivity index (χ0) is 20.6. The molecule has 2 aliphatic rings. The molecule has 6 nitrogen and oxygen atoms in total. The first-order chi connectivity index (χ1) is 14.7. The van der Waals surface area contributed by atoms with E-state index in [9.17, 15) is 5.26 Å². The molecule has 2 unspecified atom stereocenters. The predicted octanol–water partition coefficient (Wildman–Crippen LogP) is 3.41. The summed E-state index contributed by atoms with van der Waals surface area (Å²) in [5.41, 5.74) is 9.68. The molecule has 0 bridgehead atoms. The Labute approximate surface area is 179 Å². The van der Waals surface area contributed by atoms with Crippen molar-refractivity contribution in [1.82, 2.24) is 9.97 Å². The molecular weight excluding hydrogens is 392 g/mol. The van der Waals surface area contributed by atoms with E-state index in [0.29, 0.717) is 23.2 Å². The van der Waals surface area contributed by atoms with Gasteiger partial charge in [0.1, 0.15) is 11.4 Å². The summed E-state index contributed by atoms with van der Waals surface area (Å²) in [7, 11) is 0. The van der Waals surface area contributed by atoms with Crippen LogP contribution in [0.15, 0.2) is 72.1 Å². The highest BCUT2D eigenvalue weighted by Gasteiger charge is 2.50. The SMILES string of the molecule is N#Cc1cccc(-c2cccc(C34CN(c5cnccn5)CC3CSC(N)=N4)c2)c1. The Bertz CT molecular complexity index is 1160. The van der Waals surface area contributed by atoms with Gasteiger partial charge in [-0.2, -0.15) is 5.26 Å². The summed E-state index contributed by atoms with van der Waals surface area (Å²) in [6, 6.07) is 18.4. The fraction of sp³-hybridized carbons (Fsp3) is 0.217. The number of fused-ring (bicyclic) bond motifs is 1. The summed E-state index contributed by atoms with van der Waals surface area (Å²) in [5, 5.41) is 9.88. The number of rotatable bonds is 3. The second-order valence-electron chi connectivity index (χ2n) is 7.60. The van der Waals surface area contributed by atoms with Crippen molar-refractivity contribution in [3.63, 3.8) is 0 Å². The van der Waals surface area contributed by atoms with Gasteiger partial charge in [0.25, 0.3) is 0 Å². The van der Waals surface area contributed by atoms with E-state index >= 15 is 0 Å². The van der Waals surface area contributed by atoms with Crippen molar-refractivity contribution in [2.24, 2.45) is 16.6 Å². The fourth-order valence-electron chi connectivity index (χ4n) is 4.39. The molecule has 3 heterocycles. The molecule has 1 fully saturated rings. The molecular formula is C23H20N6S. The van der Waals surface area contributed by atoms with Crippen molar-refractivity contribution in [2.45, 2.75) is 5.54 Å². The van der Waals surface area contributed by atoms with Gasteiger partial charge in [0.2, 0.25) is 0 Å². The maximum atomic E-state index is 9.26. The minimum atomic E-state index is -0.421. The van der Waals surface area contributed by atoms with Crippen LogP contribution in [0.5, 0.6) is 0 Å². The minimum Gasteiger partial charge on any atom is -0.379 e. The fourth-order valence-corrected chi connectivity index (χ4v) is 5.37. The summed E-state index contributed by atoms with van der Waals surface area (Å²) < 4.78 is 0. The minimum absolute atomic E-state index is 0.317. The van der Waals surface area contributed by atoms with Gasteiger partial charge in [-0.05, 0) is 34.9 Å². The molecule has 30 heavy (non-hydrogen) atoms. The van der Waals surface area contributed by atoms with E-state index in [1.165, 1.54) is 0 Å². The van der Waals surface area contributed by atoms with Gasteiger partial charge in [-0.25, -0.2) is 9.98 Å². The summed E-state index contributed by atoms with van der Waals surface area (Å²) in [6.07, 6.45) is 5.21. The molecule has 1 aromatic heterocycles.